The predicted molar refractivity (Wildman–Crippen MR) is 204 cm³/mol. The van der Waals surface area contributed by atoms with Crippen LogP contribution in [0.15, 0.2) is 84.9 Å². The second kappa shape index (κ2) is 16.9. The Morgan fingerprint density at radius 2 is 1.60 bits per heavy atom. The maximum atomic E-state index is 14.4. The Hall–Kier alpha value is -5.48. The minimum absolute atomic E-state index is 0.0744. The number of alkyl halides is 2. The van der Waals surface area contributed by atoms with Gasteiger partial charge in [0.1, 0.15) is 23.8 Å². The summed E-state index contributed by atoms with van der Waals surface area (Å²) in [6.07, 6.45) is 0.996. The normalized spacial score (nSPS) is 19.7. The molecule has 15 nitrogen and oxygen atoms in total. The Morgan fingerprint density at radius 1 is 0.947 bits per heavy atom. The third kappa shape index (κ3) is 9.23. The lowest BCUT2D eigenvalue weighted by Crippen LogP contribution is -2.61. The van der Waals surface area contributed by atoms with E-state index in [9.17, 15) is 37.3 Å². The highest BCUT2D eigenvalue weighted by Crippen LogP contribution is 2.59. The Morgan fingerprint density at radius 3 is 2.21 bits per heavy atom. The number of halogens is 2. The van der Waals surface area contributed by atoms with Crippen molar-refractivity contribution in [2.75, 3.05) is 20.1 Å². The molecule has 2 aliphatic rings. The number of likely N-dealkylation sites (N-methyl/N-ethyl adjacent to an activating group) is 1. The number of hydrogen-bond donors (Lipinski definition) is 7. The molecule has 3 heterocycles. The SMILES string of the molecule is CN1CC[C@H]2CC[C@@H](C(=O)N[C@@H](CCC(N)=O)C(=O)NC(c3ccccc3)c3ccccc3)N2C(=O)[C@@H](NC(=O)c2cc3cc(C(F)(F)P(=O)(O)O)ccc3[nH]2)C1. The number of rotatable bonds is 13. The van der Waals surface area contributed by atoms with Crippen molar-refractivity contribution in [2.45, 2.75) is 68.0 Å². The van der Waals surface area contributed by atoms with Gasteiger partial charge in [0.25, 0.3) is 5.91 Å². The van der Waals surface area contributed by atoms with Gasteiger partial charge in [-0.05, 0) is 68.6 Å². The van der Waals surface area contributed by atoms with E-state index in [-0.39, 0.29) is 48.4 Å². The zero-order chi connectivity index (χ0) is 41.1. The third-order valence-electron chi connectivity index (χ3n) is 10.4. The van der Waals surface area contributed by atoms with E-state index in [1.54, 1.807) is 7.05 Å². The number of aromatic amines is 1. The van der Waals surface area contributed by atoms with Crippen LogP contribution in [0.2, 0.25) is 0 Å². The molecule has 4 atom stereocenters. The molecule has 0 bridgehead atoms. The van der Waals surface area contributed by atoms with E-state index >= 15 is 0 Å². The van der Waals surface area contributed by atoms with Crippen molar-refractivity contribution >= 4 is 48.0 Å². The molecule has 6 rings (SSSR count). The summed E-state index contributed by atoms with van der Waals surface area (Å²) in [4.78, 5) is 92.2. The molecule has 0 unspecified atom stereocenters. The van der Waals surface area contributed by atoms with Gasteiger partial charge in [-0.2, -0.15) is 8.78 Å². The fourth-order valence-electron chi connectivity index (χ4n) is 7.46. The van der Waals surface area contributed by atoms with Crippen LogP contribution in [0.5, 0.6) is 0 Å². The van der Waals surface area contributed by atoms with Gasteiger partial charge in [-0.25, -0.2) is 0 Å². The van der Waals surface area contributed by atoms with Crippen LogP contribution in [0.1, 0.15) is 65.3 Å². The Kier molecular flexibility index (Phi) is 12.2. The average molecular weight is 808 g/mol. The first-order valence-electron chi connectivity index (χ1n) is 18.4. The summed E-state index contributed by atoms with van der Waals surface area (Å²) in [7, 11) is -4.05. The first kappa shape index (κ1) is 41.2. The highest BCUT2D eigenvalue weighted by molar-refractivity contribution is 7.52. The summed E-state index contributed by atoms with van der Waals surface area (Å²) >= 11 is 0. The van der Waals surface area contributed by atoms with Gasteiger partial charge in [0, 0.05) is 35.5 Å². The van der Waals surface area contributed by atoms with Gasteiger partial charge in [0.05, 0.1) is 6.04 Å². The standard InChI is InChI=1S/C39H44F2N7O8P/c1-47-19-18-27-13-16-32(37(52)44-29(15-17-33(42)49)35(50)46-34(23-8-4-2-5-9-23)24-10-6-3-7-11-24)48(27)38(53)31(22-47)45-36(51)30-21-25-20-26(12-14-28(25)43-30)39(40,41)57(54,55)56/h2-12,14,20-21,27,29,31-32,34,43H,13,15-19,22H2,1H3,(H2,42,49)(H,44,52)(H,45,51)(H,46,50)(H2,54,55,56)/t27-,29+,31+,32+/m1/s1. The zero-order valence-electron chi connectivity index (χ0n) is 30.9. The minimum atomic E-state index is -5.83. The summed E-state index contributed by atoms with van der Waals surface area (Å²) in [5, 5.41) is 8.59. The monoisotopic (exact) mass is 807 g/mol. The lowest BCUT2D eigenvalue weighted by atomic mass is 9.98. The number of carbonyl (C=O) groups is 5. The first-order chi connectivity index (χ1) is 27.0. The number of H-pyrrole nitrogens is 1. The molecule has 2 saturated heterocycles. The van der Waals surface area contributed by atoms with E-state index < -0.39 is 72.5 Å². The maximum Gasteiger partial charge on any atom is 0.399 e. The van der Waals surface area contributed by atoms with Gasteiger partial charge < -0.3 is 46.3 Å². The molecule has 18 heteroatoms. The molecule has 5 amide bonds. The molecule has 4 aromatic rings. The van der Waals surface area contributed by atoms with E-state index in [0.29, 0.717) is 19.4 Å². The smallest absolute Gasteiger partial charge is 0.370 e. The summed E-state index contributed by atoms with van der Waals surface area (Å²) in [5.41, 5.74) is 1.78. The minimum Gasteiger partial charge on any atom is -0.370 e. The van der Waals surface area contributed by atoms with Crippen molar-refractivity contribution < 1.29 is 47.1 Å². The molecule has 0 spiro atoms. The fraction of sp³-hybridized carbons (Fsp3) is 0.359. The highest BCUT2D eigenvalue weighted by Gasteiger charge is 2.50. The van der Waals surface area contributed by atoms with E-state index in [2.05, 4.69) is 20.9 Å². The number of amides is 5. The van der Waals surface area contributed by atoms with Gasteiger partial charge in [-0.1, -0.05) is 66.7 Å². The average Bonchev–Trinajstić information content (AvgIpc) is 3.81. The lowest BCUT2D eigenvalue weighted by Gasteiger charge is -2.38. The Labute approximate surface area is 326 Å². The molecular formula is C39H44F2N7O8P. The molecule has 302 valence electrons. The number of nitrogens with one attached hydrogen (secondary N) is 4. The number of aromatic nitrogens is 1. The molecule has 8 N–H and O–H groups in total. The lowest BCUT2D eigenvalue weighted by molar-refractivity contribution is -0.144. The van der Waals surface area contributed by atoms with E-state index in [1.165, 1.54) is 11.0 Å². The highest BCUT2D eigenvalue weighted by atomic mass is 31.2. The molecule has 2 fully saturated rings. The van der Waals surface area contributed by atoms with Gasteiger partial charge in [0.2, 0.25) is 23.6 Å². The summed E-state index contributed by atoms with van der Waals surface area (Å²) in [6.45, 7) is 0.604. The predicted octanol–water partition coefficient (Wildman–Crippen LogP) is 2.84. The van der Waals surface area contributed by atoms with Crippen LogP contribution in [-0.4, -0.2) is 98.4 Å². The van der Waals surface area contributed by atoms with Crippen LogP contribution in [0.25, 0.3) is 10.9 Å². The summed E-state index contributed by atoms with van der Waals surface area (Å²) < 4.78 is 40.2. The molecule has 0 aliphatic carbocycles. The van der Waals surface area contributed by atoms with E-state index in [0.717, 1.165) is 29.3 Å². The van der Waals surface area contributed by atoms with Crippen LogP contribution >= 0.6 is 7.60 Å². The van der Waals surface area contributed by atoms with Crippen molar-refractivity contribution in [2.24, 2.45) is 5.73 Å². The van der Waals surface area contributed by atoms with Crippen LogP contribution in [0, 0.1) is 0 Å². The van der Waals surface area contributed by atoms with Crippen LogP contribution in [0.4, 0.5) is 8.78 Å². The molecule has 3 aromatic carbocycles. The van der Waals surface area contributed by atoms with Crippen molar-refractivity contribution in [3.63, 3.8) is 0 Å². The number of carbonyl (C=O) groups excluding carboxylic acids is 5. The molecule has 1 aromatic heterocycles. The number of benzene rings is 3. The number of primary amides is 1. The number of nitrogens with zero attached hydrogens (tertiary/aromatic N) is 2. The van der Waals surface area contributed by atoms with E-state index in [1.807, 2.05) is 65.6 Å². The molecule has 57 heavy (non-hydrogen) atoms. The van der Waals surface area contributed by atoms with Crippen LogP contribution in [0.3, 0.4) is 0 Å². The van der Waals surface area contributed by atoms with Crippen molar-refractivity contribution in [3.8, 4) is 0 Å². The van der Waals surface area contributed by atoms with Crippen molar-refractivity contribution in [1.82, 2.24) is 30.7 Å². The summed E-state index contributed by atoms with van der Waals surface area (Å²) in [6, 6.07) is 18.3. The topological polar surface area (TPSA) is 227 Å². The van der Waals surface area contributed by atoms with E-state index in [4.69, 9.17) is 15.5 Å². The second-order valence-corrected chi connectivity index (χ2v) is 16.1. The number of nitrogens with two attached hydrogens (primary N) is 1. The quantitative estimate of drug-likeness (QED) is 0.0985. The maximum absolute atomic E-state index is 14.4. The largest absolute Gasteiger partial charge is 0.399 e. The van der Waals surface area contributed by atoms with Gasteiger partial charge in [-0.15, -0.1) is 0 Å². The molecule has 2 aliphatic heterocycles. The van der Waals surface area contributed by atoms with Gasteiger partial charge in [-0.3, -0.25) is 28.5 Å². The van der Waals surface area contributed by atoms with Crippen molar-refractivity contribution in [3.05, 3.63) is 107 Å². The van der Waals surface area contributed by atoms with Crippen molar-refractivity contribution in [1.29, 1.82) is 0 Å². The molecule has 0 radical (unpaired) electrons. The first-order valence-corrected chi connectivity index (χ1v) is 20.0. The fourth-order valence-corrected chi connectivity index (χ4v) is 7.93. The second-order valence-electron chi connectivity index (χ2n) is 14.5. The number of hydrogen-bond acceptors (Lipinski definition) is 7. The van der Waals surface area contributed by atoms with Crippen LogP contribution in [-0.2, 0) is 29.4 Å². The zero-order valence-corrected chi connectivity index (χ0v) is 31.8. The molecular weight excluding hydrogens is 763 g/mol. The Balaban J connectivity index is 1.20. The Bertz CT molecular complexity index is 2150. The number of fused-ring (bicyclic) bond motifs is 2. The van der Waals surface area contributed by atoms with Gasteiger partial charge in [0.15, 0.2) is 0 Å². The van der Waals surface area contributed by atoms with Crippen LogP contribution < -0.4 is 21.7 Å². The molecule has 0 saturated carbocycles. The van der Waals surface area contributed by atoms with Gasteiger partial charge >= 0.3 is 13.3 Å². The summed E-state index contributed by atoms with van der Waals surface area (Å²) in [5.74, 6) is -3.12. The third-order valence-corrected chi connectivity index (χ3v) is 11.4.